The van der Waals surface area contributed by atoms with Gasteiger partial charge in [-0.25, -0.2) is 9.97 Å². The molecule has 3 heterocycles. The second-order valence-corrected chi connectivity index (χ2v) is 8.88. The molecule has 0 aliphatic rings. The minimum absolute atomic E-state index is 0.00463. The van der Waals surface area contributed by atoms with Crippen LogP contribution in [0.3, 0.4) is 0 Å². The average molecular weight is 518 g/mol. The molecule has 3 aromatic heterocycles. The van der Waals surface area contributed by atoms with E-state index in [-0.39, 0.29) is 6.04 Å². The van der Waals surface area contributed by atoms with E-state index in [2.05, 4.69) is 43.7 Å². The highest BCUT2D eigenvalue weighted by Gasteiger charge is 2.14. The number of methoxy groups -OCH3 is 1. The van der Waals surface area contributed by atoms with E-state index in [1.165, 1.54) is 0 Å². The van der Waals surface area contributed by atoms with Gasteiger partial charge in [-0.15, -0.1) is 0 Å². The first-order valence-electron chi connectivity index (χ1n) is 12.5. The highest BCUT2D eigenvalue weighted by Crippen LogP contribution is 2.28. The van der Waals surface area contributed by atoms with Crippen molar-refractivity contribution in [3.05, 3.63) is 102 Å². The van der Waals surface area contributed by atoms with E-state index in [1.807, 2.05) is 73.8 Å². The van der Waals surface area contributed by atoms with E-state index in [0.29, 0.717) is 11.5 Å². The van der Waals surface area contributed by atoms with Crippen LogP contribution in [-0.2, 0) is 4.79 Å². The number of likely N-dealkylation sites (N-methyl/N-ethyl adjacent to an activating group) is 1. The molecule has 0 amide bonds. The van der Waals surface area contributed by atoms with E-state index in [9.17, 15) is 4.79 Å². The summed E-state index contributed by atoms with van der Waals surface area (Å²) < 4.78 is 7.29. The summed E-state index contributed by atoms with van der Waals surface area (Å²) in [5, 5.41) is 2.75. The zero-order valence-corrected chi connectivity index (χ0v) is 22.5. The third-order valence-electron chi connectivity index (χ3n) is 6.17. The Kier molecular flexibility index (Phi) is 8.72. The Hall–Kier alpha value is -4.93. The van der Waals surface area contributed by atoms with Gasteiger partial charge in [-0.2, -0.15) is 0 Å². The molecule has 3 N–H and O–H groups in total. The maximum Gasteiger partial charge on any atom is 0.137 e. The number of benzene rings is 2. The maximum absolute atomic E-state index is 9.67. The number of aryl methyl sites for hydroxylation is 1. The zero-order chi connectivity index (χ0) is 27.8. The number of nitrogen functional groups attached to an aromatic ring is 1. The lowest BCUT2D eigenvalue weighted by molar-refractivity contribution is -0.109. The minimum atomic E-state index is 0.00463. The first kappa shape index (κ1) is 27.1. The number of ether oxygens (including phenoxy) is 1. The quantitative estimate of drug-likeness (QED) is 0.247. The van der Waals surface area contributed by atoms with Crippen molar-refractivity contribution in [1.29, 1.82) is 0 Å². The van der Waals surface area contributed by atoms with Crippen molar-refractivity contribution < 1.29 is 9.53 Å². The summed E-state index contributed by atoms with van der Waals surface area (Å²) in [4.78, 5) is 18.9. The first-order chi connectivity index (χ1) is 18.9. The Balaban J connectivity index is 0.000000531. The minimum Gasteiger partial charge on any atom is -0.497 e. The van der Waals surface area contributed by atoms with Gasteiger partial charge in [0.2, 0.25) is 0 Å². The van der Waals surface area contributed by atoms with Crippen molar-refractivity contribution in [3.63, 3.8) is 0 Å². The summed E-state index contributed by atoms with van der Waals surface area (Å²) in [6.07, 6.45) is 2.86. The molecule has 1 unspecified atom stereocenters. The molecule has 5 aromatic rings. The van der Waals surface area contributed by atoms with Gasteiger partial charge in [-0.3, -0.25) is 4.40 Å². The van der Waals surface area contributed by atoms with Crippen LogP contribution >= 0.6 is 0 Å². The number of rotatable bonds is 5. The summed E-state index contributed by atoms with van der Waals surface area (Å²) in [6.45, 7) is 3.79. The zero-order valence-electron chi connectivity index (χ0n) is 22.5. The van der Waals surface area contributed by atoms with Gasteiger partial charge in [0, 0.05) is 17.3 Å². The fraction of sp³-hybridized carbons (Fsp3) is 0.156. The molecule has 2 aromatic carbocycles. The van der Waals surface area contributed by atoms with E-state index in [4.69, 9.17) is 10.5 Å². The summed E-state index contributed by atoms with van der Waals surface area (Å²) in [7, 11) is 3.42. The standard InChI is InChI=1S/C28H22N4O.C4H9NO/c1-19-28(32-18-4-3-5-27(32)30-19)24-15-17-26(29)31-25(24)16-8-20-6-9-21(10-7-20)22-11-13-23(33-2)14-12-22;1-4(3-6)5-2/h3-7,9-15,17-18H,1-2H3,(H2,29,31);3-5H,1-2H3. The molecule has 7 heteroatoms. The normalized spacial score (nSPS) is 11.1. The monoisotopic (exact) mass is 517 g/mol. The number of aldehydes is 1. The number of hydrogen-bond acceptors (Lipinski definition) is 6. The second-order valence-electron chi connectivity index (χ2n) is 8.88. The molecule has 0 bridgehead atoms. The van der Waals surface area contributed by atoms with Gasteiger partial charge >= 0.3 is 0 Å². The number of fused-ring (bicyclic) bond motifs is 1. The van der Waals surface area contributed by atoms with Crippen LogP contribution in [-0.4, -0.2) is 40.9 Å². The lowest BCUT2D eigenvalue weighted by Crippen LogP contribution is -2.21. The van der Waals surface area contributed by atoms with Crippen LogP contribution in [0.2, 0.25) is 0 Å². The number of nitrogens with zero attached hydrogens (tertiary/aromatic N) is 3. The van der Waals surface area contributed by atoms with Crippen LogP contribution in [0.5, 0.6) is 5.75 Å². The molecule has 0 spiro atoms. The largest absolute Gasteiger partial charge is 0.497 e. The number of nitrogens with one attached hydrogen (secondary N) is 1. The number of carbonyl (C=O) groups excluding carboxylic acids is 1. The Morgan fingerprint density at radius 1 is 0.949 bits per heavy atom. The molecule has 0 saturated heterocycles. The van der Waals surface area contributed by atoms with Crippen LogP contribution < -0.4 is 15.8 Å². The molecule has 0 aliphatic carbocycles. The lowest BCUT2D eigenvalue weighted by atomic mass is 10.0. The number of anilines is 1. The van der Waals surface area contributed by atoms with Crippen LogP contribution in [0.25, 0.3) is 28.0 Å². The highest BCUT2D eigenvalue weighted by atomic mass is 16.5. The van der Waals surface area contributed by atoms with Gasteiger partial charge < -0.3 is 20.6 Å². The molecule has 0 saturated carbocycles. The van der Waals surface area contributed by atoms with Gasteiger partial charge in [0.15, 0.2) is 0 Å². The molecule has 1 atom stereocenters. The van der Waals surface area contributed by atoms with Crippen LogP contribution in [0.1, 0.15) is 23.9 Å². The van der Waals surface area contributed by atoms with Crippen molar-refractivity contribution >= 4 is 17.8 Å². The summed E-state index contributed by atoms with van der Waals surface area (Å²) >= 11 is 0. The Morgan fingerprint density at radius 2 is 1.64 bits per heavy atom. The van der Waals surface area contributed by atoms with Crippen molar-refractivity contribution in [2.75, 3.05) is 19.9 Å². The third-order valence-corrected chi connectivity index (χ3v) is 6.17. The fourth-order valence-corrected chi connectivity index (χ4v) is 3.93. The van der Waals surface area contributed by atoms with Gasteiger partial charge in [-0.1, -0.05) is 36.3 Å². The topological polar surface area (TPSA) is 94.5 Å². The van der Waals surface area contributed by atoms with E-state index in [1.54, 1.807) is 27.1 Å². The molecule has 0 fully saturated rings. The predicted octanol–water partition coefficient (Wildman–Crippen LogP) is 5.16. The SMILES string of the molecule is CNC(C)C=O.COc1ccc(-c2ccc(C#Cc3nc(N)ccc3-c3c(C)nc4ccccn34)cc2)cc1. The first-order valence-corrected chi connectivity index (χ1v) is 12.5. The van der Waals surface area contributed by atoms with Crippen molar-refractivity contribution in [2.24, 2.45) is 0 Å². The Labute approximate surface area is 228 Å². The van der Waals surface area contributed by atoms with Gasteiger partial charge in [-0.05, 0) is 86.5 Å². The van der Waals surface area contributed by atoms with Crippen molar-refractivity contribution in [2.45, 2.75) is 19.9 Å². The number of imidazole rings is 1. The van der Waals surface area contributed by atoms with Crippen LogP contribution in [0.4, 0.5) is 5.82 Å². The number of hydrogen-bond donors (Lipinski definition) is 2. The van der Waals surface area contributed by atoms with Crippen molar-refractivity contribution in [1.82, 2.24) is 19.7 Å². The van der Waals surface area contributed by atoms with Crippen LogP contribution in [0.15, 0.2) is 85.1 Å². The molecular weight excluding hydrogens is 486 g/mol. The van der Waals surface area contributed by atoms with Crippen LogP contribution in [0, 0.1) is 18.8 Å². The maximum atomic E-state index is 9.67. The summed E-state index contributed by atoms with van der Waals surface area (Å²) in [5.41, 5.74) is 13.4. The molecule has 0 aliphatic heterocycles. The molecule has 0 radical (unpaired) electrons. The Bertz CT molecular complexity index is 1630. The van der Waals surface area contributed by atoms with Gasteiger partial charge in [0.05, 0.1) is 24.5 Å². The van der Waals surface area contributed by atoms with E-state index in [0.717, 1.165) is 51.3 Å². The van der Waals surface area contributed by atoms with Gasteiger partial charge in [0.25, 0.3) is 0 Å². The highest BCUT2D eigenvalue weighted by molar-refractivity contribution is 5.73. The molecule has 196 valence electrons. The third kappa shape index (κ3) is 6.50. The summed E-state index contributed by atoms with van der Waals surface area (Å²) in [5.74, 6) is 7.74. The number of carbonyl (C=O) groups is 1. The molecule has 7 nitrogen and oxygen atoms in total. The predicted molar refractivity (Wildman–Crippen MR) is 157 cm³/mol. The lowest BCUT2D eigenvalue weighted by Gasteiger charge is -2.07. The Morgan fingerprint density at radius 3 is 2.26 bits per heavy atom. The smallest absolute Gasteiger partial charge is 0.137 e. The average Bonchev–Trinajstić information content (AvgIpc) is 3.31. The van der Waals surface area contributed by atoms with E-state index < -0.39 is 0 Å². The number of pyridine rings is 2. The van der Waals surface area contributed by atoms with Gasteiger partial charge in [0.1, 0.15) is 29.2 Å². The fourth-order valence-electron chi connectivity index (χ4n) is 3.93. The molecule has 5 rings (SSSR count). The molecule has 39 heavy (non-hydrogen) atoms. The van der Waals surface area contributed by atoms with Crippen molar-refractivity contribution in [3.8, 4) is 40.0 Å². The summed E-state index contributed by atoms with van der Waals surface area (Å²) in [6, 6.07) is 25.9. The molecular formula is C32H31N5O2. The number of aromatic nitrogens is 3. The van der Waals surface area contributed by atoms with E-state index >= 15 is 0 Å². The second kappa shape index (κ2) is 12.5. The number of nitrogens with two attached hydrogens (primary N) is 1.